The summed E-state index contributed by atoms with van der Waals surface area (Å²) >= 11 is 6.31. The number of benzene rings is 2. The minimum atomic E-state index is 0.233. The highest BCUT2D eigenvalue weighted by Gasteiger charge is 2.09. The summed E-state index contributed by atoms with van der Waals surface area (Å²) in [5.41, 5.74) is 2.16. The number of rotatable bonds is 9. The fourth-order valence-electron chi connectivity index (χ4n) is 2.37. The number of hydrogen-bond acceptors (Lipinski definition) is 4. The van der Waals surface area contributed by atoms with Crippen LogP contribution < -0.4 is 19.5 Å². The maximum absolute atomic E-state index is 6.31. The van der Waals surface area contributed by atoms with Gasteiger partial charge in [-0.1, -0.05) is 30.7 Å². The Balaban J connectivity index is 1.92. The molecule has 0 aliphatic heterocycles. The Kier molecular flexibility index (Phi) is 7.41. The van der Waals surface area contributed by atoms with Gasteiger partial charge in [0.15, 0.2) is 11.5 Å². The molecule has 0 radical (unpaired) electrons. The fourth-order valence-corrected chi connectivity index (χ4v) is 2.60. The summed E-state index contributed by atoms with van der Waals surface area (Å²) in [4.78, 5) is 0. The Morgan fingerprint density at radius 2 is 1.64 bits per heavy atom. The predicted molar refractivity (Wildman–Crippen MR) is 102 cm³/mol. The minimum Gasteiger partial charge on any atom is -0.493 e. The molecule has 0 fully saturated rings. The molecular weight excluding hydrogens is 338 g/mol. The molecule has 0 amide bonds. The van der Waals surface area contributed by atoms with Crippen LogP contribution in [0.4, 0.5) is 0 Å². The Morgan fingerprint density at radius 1 is 1.00 bits per heavy atom. The normalized spacial score (nSPS) is 11.9. The lowest BCUT2D eigenvalue weighted by Crippen LogP contribution is -2.13. The van der Waals surface area contributed by atoms with Crippen LogP contribution >= 0.6 is 11.6 Å². The van der Waals surface area contributed by atoms with E-state index in [0.29, 0.717) is 23.1 Å². The van der Waals surface area contributed by atoms with Crippen molar-refractivity contribution >= 4 is 11.6 Å². The lowest BCUT2D eigenvalue weighted by Gasteiger charge is -2.14. The van der Waals surface area contributed by atoms with E-state index in [0.717, 1.165) is 24.3 Å². The van der Waals surface area contributed by atoms with Crippen molar-refractivity contribution in [2.45, 2.75) is 39.5 Å². The highest BCUT2D eigenvalue weighted by molar-refractivity contribution is 6.31. The Morgan fingerprint density at radius 3 is 2.24 bits per heavy atom. The second kappa shape index (κ2) is 9.54. The number of halogens is 1. The van der Waals surface area contributed by atoms with Crippen LogP contribution in [-0.4, -0.2) is 20.3 Å². The lowest BCUT2D eigenvalue weighted by molar-refractivity contribution is 0.217. The average Bonchev–Trinajstić information content (AvgIpc) is 2.63. The zero-order chi connectivity index (χ0) is 18.2. The van der Waals surface area contributed by atoms with E-state index in [1.165, 1.54) is 5.56 Å². The lowest BCUT2D eigenvalue weighted by atomic mass is 10.1. The molecule has 1 N–H and O–H groups in total. The molecular formula is C20H26ClNO3. The third-order valence-corrected chi connectivity index (χ3v) is 4.38. The van der Waals surface area contributed by atoms with Gasteiger partial charge in [-0.05, 0) is 42.7 Å². The van der Waals surface area contributed by atoms with Crippen molar-refractivity contribution in [1.29, 1.82) is 0 Å². The van der Waals surface area contributed by atoms with Gasteiger partial charge in [-0.3, -0.25) is 0 Å². The molecule has 0 spiro atoms. The van der Waals surface area contributed by atoms with Gasteiger partial charge in [0.1, 0.15) is 5.75 Å². The molecule has 0 saturated carbocycles. The molecule has 2 rings (SSSR count). The van der Waals surface area contributed by atoms with Gasteiger partial charge < -0.3 is 19.5 Å². The van der Waals surface area contributed by atoms with Gasteiger partial charge in [-0.2, -0.15) is 0 Å². The summed E-state index contributed by atoms with van der Waals surface area (Å²) in [6.07, 6.45) is 1.23. The first-order valence-corrected chi connectivity index (χ1v) is 8.81. The largest absolute Gasteiger partial charge is 0.493 e. The Hall–Kier alpha value is -1.91. The van der Waals surface area contributed by atoms with Crippen molar-refractivity contribution in [1.82, 2.24) is 5.32 Å². The number of nitrogens with one attached hydrogen (secondary N) is 1. The SMILES string of the molecule is CCC(C)Oc1ccc(CNCc2cc(OC)c(OC)cc2Cl)cc1. The Bertz CT molecular complexity index is 673. The van der Waals surface area contributed by atoms with Crippen molar-refractivity contribution in [3.05, 3.63) is 52.5 Å². The van der Waals surface area contributed by atoms with Crippen LogP contribution in [-0.2, 0) is 13.1 Å². The summed E-state index contributed by atoms with van der Waals surface area (Å²) in [6.45, 7) is 5.57. The van der Waals surface area contributed by atoms with E-state index in [9.17, 15) is 0 Å². The smallest absolute Gasteiger partial charge is 0.162 e. The molecule has 0 saturated heterocycles. The van der Waals surface area contributed by atoms with Gasteiger partial charge in [-0.25, -0.2) is 0 Å². The van der Waals surface area contributed by atoms with Gasteiger partial charge in [0, 0.05) is 24.2 Å². The van der Waals surface area contributed by atoms with E-state index >= 15 is 0 Å². The maximum atomic E-state index is 6.31. The van der Waals surface area contributed by atoms with Crippen LogP contribution in [0.5, 0.6) is 17.2 Å². The van der Waals surface area contributed by atoms with Crippen LogP contribution in [0.1, 0.15) is 31.4 Å². The molecule has 1 unspecified atom stereocenters. The third-order valence-electron chi connectivity index (χ3n) is 4.03. The summed E-state index contributed by atoms with van der Waals surface area (Å²) in [6, 6.07) is 11.8. The van der Waals surface area contributed by atoms with Crippen LogP contribution in [0.25, 0.3) is 0 Å². The zero-order valence-corrected chi connectivity index (χ0v) is 16.0. The van der Waals surface area contributed by atoms with Gasteiger partial charge >= 0.3 is 0 Å². The molecule has 0 bridgehead atoms. The molecule has 25 heavy (non-hydrogen) atoms. The first-order valence-electron chi connectivity index (χ1n) is 8.44. The monoisotopic (exact) mass is 363 g/mol. The van der Waals surface area contributed by atoms with Gasteiger partial charge in [-0.15, -0.1) is 0 Å². The van der Waals surface area contributed by atoms with Crippen LogP contribution in [0.3, 0.4) is 0 Å². The van der Waals surface area contributed by atoms with E-state index in [1.54, 1.807) is 20.3 Å². The van der Waals surface area contributed by atoms with Crippen molar-refractivity contribution in [2.75, 3.05) is 14.2 Å². The number of methoxy groups -OCH3 is 2. The van der Waals surface area contributed by atoms with Crippen molar-refractivity contribution in [3.8, 4) is 17.2 Å². The van der Waals surface area contributed by atoms with Crippen molar-refractivity contribution < 1.29 is 14.2 Å². The molecule has 2 aromatic rings. The van der Waals surface area contributed by atoms with Crippen LogP contribution in [0.15, 0.2) is 36.4 Å². The molecule has 1 atom stereocenters. The molecule has 0 aromatic heterocycles. The molecule has 5 heteroatoms. The van der Waals surface area contributed by atoms with E-state index in [4.69, 9.17) is 25.8 Å². The molecule has 2 aromatic carbocycles. The van der Waals surface area contributed by atoms with E-state index < -0.39 is 0 Å². The summed E-state index contributed by atoms with van der Waals surface area (Å²) in [5.74, 6) is 2.21. The summed E-state index contributed by atoms with van der Waals surface area (Å²) in [5, 5.41) is 4.05. The second-order valence-corrected chi connectivity index (χ2v) is 6.29. The van der Waals surface area contributed by atoms with Gasteiger partial charge in [0.05, 0.1) is 20.3 Å². The second-order valence-electron chi connectivity index (χ2n) is 5.88. The van der Waals surface area contributed by atoms with Crippen LogP contribution in [0.2, 0.25) is 5.02 Å². The first-order chi connectivity index (χ1) is 12.1. The average molecular weight is 364 g/mol. The molecule has 4 nitrogen and oxygen atoms in total. The predicted octanol–water partition coefficient (Wildman–Crippen LogP) is 4.82. The summed E-state index contributed by atoms with van der Waals surface area (Å²) in [7, 11) is 3.22. The highest BCUT2D eigenvalue weighted by Crippen LogP contribution is 2.33. The van der Waals surface area contributed by atoms with Crippen molar-refractivity contribution in [2.24, 2.45) is 0 Å². The van der Waals surface area contributed by atoms with E-state index in [1.807, 2.05) is 18.2 Å². The summed E-state index contributed by atoms with van der Waals surface area (Å²) < 4.78 is 16.4. The molecule has 0 heterocycles. The Labute approximate surface area is 155 Å². The molecule has 0 aliphatic rings. The van der Waals surface area contributed by atoms with Crippen LogP contribution in [0, 0.1) is 0 Å². The van der Waals surface area contributed by atoms with Gasteiger partial charge in [0.25, 0.3) is 0 Å². The number of ether oxygens (including phenoxy) is 3. The molecule has 136 valence electrons. The van der Waals surface area contributed by atoms with Gasteiger partial charge in [0.2, 0.25) is 0 Å². The quantitative estimate of drug-likeness (QED) is 0.693. The van der Waals surface area contributed by atoms with E-state index in [-0.39, 0.29) is 6.10 Å². The topological polar surface area (TPSA) is 39.7 Å². The van der Waals surface area contributed by atoms with E-state index in [2.05, 4.69) is 31.3 Å². The minimum absolute atomic E-state index is 0.233. The first kappa shape index (κ1) is 19.4. The third kappa shape index (κ3) is 5.55. The molecule has 0 aliphatic carbocycles. The number of hydrogen-bond donors (Lipinski definition) is 1. The highest BCUT2D eigenvalue weighted by atomic mass is 35.5. The zero-order valence-electron chi connectivity index (χ0n) is 15.3. The standard InChI is InChI=1S/C20H26ClNO3/c1-5-14(2)25-17-8-6-15(7-9-17)12-22-13-16-10-19(23-3)20(24-4)11-18(16)21/h6-11,14,22H,5,12-13H2,1-4H3. The van der Waals surface area contributed by atoms with Crippen molar-refractivity contribution in [3.63, 3.8) is 0 Å². The maximum Gasteiger partial charge on any atom is 0.162 e. The fraction of sp³-hybridized carbons (Fsp3) is 0.400.